The first-order chi connectivity index (χ1) is 7.54. The Morgan fingerprint density at radius 1 is 1.56 bits per heavy atom. The van der Waals surface area contributed by atoms with Gasteiger partial charge < -0.3 is 10.4 Å². The number of carboxylic acid groups (broad SMARTS) is 1. The van der Waals surface area contributed by atoms with Gasteiger partial charge in [-0.15, -0.1) is 0 Å². The average Bonchev–Trinajstić information content (AvgIpc) is 2.25. The minimum Gasteiger partial charge on any atom is -0.480 e. The lowest BCUT2D eigenvalue weighted by atomic mass is 10.2. The maximum Gasteiger partial charge on any atom is 0.327 e. The van der Waals surface area contributed by atoms with Gasteiger partial charge in [0, 0.05) is 22.6 Å². The highest BCUT2D eigenvalue weighted by atomic mass is 79.9. The second kappa shape index (κ2) is 5.86. The maximum absolute atomic E-state index is 11.6. The third-order valence-corrected chi connectivity index (χ3v) is 2.55. The second-order valence-electron chi connectivity index (χ2n) is 2.94. The normalized spacial score (nSPS) is 11.9. The van der Waals surface area contributed by atoms with Crippen LogP contribution in [-0.2, 0) is 4.79 Å². The van der Waals surface area contributed by atoms with Crippen LogP contribution < -0.4 is 5.32 Å². The molecule has 1 aromatic rings. The first kappa shape index (κ1) is 13.0. The third kappa shape index (κ3) is 3.49. The molecule has 1 heterocycles. The number of carbonyl (C=O) groups is 2. The Kier molecular flexibility index (Phi) is 4.75. The summed E-state index contributed by atoms with van der Waals surface area (Å²) in [6.07, 6.45) is 2.89. The van der Waals surface area contributed by atoms with Gasteiger partial charge in [0.1, 0.15) is 6.04 Å². The standard InChI is InChI=1S/C9H9BrN2O3S/c10-6-1-5(2-11-3-6)8(13)12-7(4-16)9(14)15/h1-3,7,16H,4H2,(H,12,13)(H,14,15). The first-order valence-corrected chi connectivity index (χ1v) is 5.72. The number of rotatable bonds is 4. The molecule has 0 saturated heterocycles. The number of halogens is 1. The lowest BCUT2D eigenvalue weighted by molar-refractivity contribution is -0.138. The molecule has 1 amide bonds. The van der Waals surface area contributed by atoms with Crippen LogP contribution >= 0.6 is 28.6 Å². The van der Waals surface area contributed by atoms with Crippen LogP contribution in [0.2, 0.25) is 0 Å². The zero-order chi connectivity index (χ0) is 12.1. The minimum absolute atomic E-state index is 0.0303. The number of aromatic nitrogens is 1. The van der Waals surface area contributed by atoms with Crippen molar-refractivity contribution in [3.05, 3.63) is 28.5 Å². The number of pyridine rings is 1. The number of carboxylic acids is 1. The van der Waals surface area contributed by atoms with Crippen LogP contribution in [0.5, 0.6) is 0 Å². The molecule has 5 nitrogen and oxygen atoms in total. The highest BCUT2D eigenvalue weighted by molar-refractivity contribution is 9.10. The van der Waals surface area contributed by atoms with Crippen molar-refractivity contribution < 1.29 is 14.7 Å². The van der Waals surface area contributed by atoms with Gasteiger partial charge in [-0.05, 0) is 22.0 Å². The van der Waals surface area contributed by atoms with E-state index in [9.17, 15) is 9.59 Å². The van der Waals surface area contributed by atoms with E-state index < -0.39 is 17.9 Å². The third-order valence-electron chi connectivity index (χ3n) is 1.75. The summed E-state index contributed by atoms with van der Waals surface area (Å²) in [6, 6.07) is 0.551. The number of nitrogens with one attached hydrogen (secondary N) is 1. The van der Waals surface area contributed by atoms with Crippen molar-refractivity contribution in [2.45, 2.75) is 6.04 Å². The number of amides is 1. The lowest BCUT2D eigenvalue weighted by Gasteiger charge is -2.11. The summed E-state index contributed by atoms with van der Waals surface area (Å²) in [5.41, 5.74) is 0.294. The molecule has 0 aliphatic heterocycles. The molecule has 0 radical (unpaired) electrons. The van der Waals surface area contributed by atoms with Crippen molar-refractivity contribution >= 4 is 40.4 Å². The van der Waals surface area contributed by atoms with E-state index >= 15 is 0 Å². The van der Waals surface area contributed by atoms with Gasteiger partial charge in [0.2, 0.25) is 0 Å². The van der Waals surface area contributed by atoms with Crippen molar-refractivity contribution in [3.63, 3.8) is 0 Å². The molecular weight excluding hydrogens is 296 g/mol. The molecule has 0 saturated carbocycles. The van der Waals surface area contributed by atoms with Crippen molar-refractivity contribution in [1.82, 2.24) is 10.3 Å². The molecule has 86 valence electrons. The molecule has 0 aromatic carbocycles. The maximum atomic E-state index is 11.6. The van der Waals surface area contributed by atoms with E-state index in [0.29, 0.717) is 10.0 Å². The molecule has 0 fully saturated rings. The van der Waals surface area contributed by atoms with Crippen LogP contribution in [0.4, 0.5) is 0 Å². The molecule has 0 aliphatic rings. The zero-order valence-electron chi connectivity index (χ0n) is 8.05. The molecule has 1 atom stereocenters. The molecule has 16 heavy (non-hydrogen) atoms. The highest BCUT2D eigenvalue weighted by Gasteiger charge is 2.18. The number of nitrogens with zero attached hydrogens (tertiary/aromatic N) is 1. The summed E-state index contributed by atoms with van der Waals surface area (Å²) >= 11 is 7.01. The van der Waals surface area contributed by atoms with Gasteiger partial charge in [-0.3, -0.25) is 9.78 Å². The highest BCUT2D eigenvalue weighted by Crippen LogP contribution is 2.09. The monoisotopic (exact) mass is 304 g/mol. The van der Waals surface area contributed by atoms with E-state index in [0.717, 1.165) is 0 Å². The van der Waals surface area contributed by atoms with E-state index in [-0.39, 0.29) is 5.75 Å². The summed E-state index contributed by atoms with van der Waals surface area (Å²) in [7, 11) is 0. The Morgan fingerprint density at radius 3 is 2.75 bits per heavy atom. The number of carbonyl (C=O) groups excluding carboxylic acids is 1. The van der Waals surface area contributed by atoms with Crippen molar-refractivity contribution in [3.8, 4) is 0 Å². The van der Waals surface area contributed by atoms with E-state index in [1.54, 1.807) is 6.07 Å². The number of hydrogen-bond donors (Lipinski definition) is 3. The largest absolute Gasteiger partial charge is 0.480 e. The zero-order valence-corrected chi connectivity index (χ0v) is 10.5. The van der Waals surface area contributed by atoms with E-state index in [4.69, 9.17) is 5.11 Å². The molecular formula is C9H9BrN2O3S. The van der Waals surface area contributed by atoms with Crippen LogP contribution in [0.15, 0.2) is 22.9 Å². The minimum atomic E-state index is -1.12. The van der Waals surface area contributed by atoms with Gasteiger partial charge in [0.25, 0.3) is 5.91 Å². The van der Waals surface area contributed by atoms with Crippen molar-refractivity contribution in [2.24, 2.45) is 0 Å². The van der Waals surface area contributed by atoms with Gasteiger partial charge in [0.05, 0.1) is 5.56 Å². The summed E-state index contributed by atoms with van der Waals surface area (Å²) in [5, 5.41) is 11.1. The molecule has 7 heteroatoms. The molecule has 0 bridgehead atoms. The second-order valence-corrected chi connectivity index (χ2v) is 4.22. The predicted molar refractivity (Wildman–Crippen MR) is 64.7 cm³/mol. The summed E-state index contributed by atoms with van der Waals surface area (Å²) in [5.74, 6) is -1.58. The summed E-state index contributed by atoms with van der Waals surface area (Å²) in [6.45, 7) is 0. The molecule has 2 N–H and O–H groups in total. The van der Waals surface area contributed by atoms with Gasteiger partial charge in [-0.25, -0.2) is 4.79 Å². The summed E-state index contributed by atoms with van der Waals surface area (Å²) in [4.78, 5) is 26.1. The first-order valence-electron chi connectivity index (χ1n) is 4.29. The van der Waals surface area contributed by atoms with Gasteiger partial charge >= 0.3 is 5.97 Å². The van der Waals surface area contributed by atoms with Crippen LogP contribution in [-0.4, -0.2) is 33.8 Å². The van der Waals surface area contributed by atoms with Gasteiger partial charge in [0.15, 0.2) is 0 Å². The summed E-state index contributed by atoms with van der Waals surface area (Å²) < 4.78 is 0.651. The Labute approximate surface area is 106 Å². The number of aliphatic carboxylic acids is 1. The van der Waals surface area contributed by atoms with E-state index in [1.165, 1.54) is 12.4 Å². The molecule has 1 rings (SSSR count). The van der Waals surface area contributed by atoms with Gasteiger partial charge in [-0.2, -0.15) is 12.6 Å². The average molecular weight is 305 g/mol. The fourth-order valence-electron chi connectivity index (χ4n) is 0.963. The molecule has 0 aliphatic carbocycles. The van der Waals surface area contributed by atoms with Crippen molar-refractivity contribution in [1.29, 1.82) is 0 Å². The quantitative estimate of drug-likeness (QED) is 0.724. The topological polar surface area (TPSA) is 79.3 Å². The molecule has 1 aromatic heterocycles. The van der Waals surface area contributed by atoms with Gasteiger partial charge in [-0.1, -0.05) is 0 Å². The fourth-order valence-corrected chi connectivity index (χ4v) is 1.58. The molecule has 0 spiro atoms. The Balaban J connectivity index is 2.75. The SMILES string of the molecule is O=C(NC(CS)C(=O)O)c1cncc(Br)c1. The smallest absolute Gasteiger partial charge is 0.327 e. The lowest BCUT2D eigenvalue weighted by Crippen LogP contribution is -2.42. The molecule has 1 unspecified atom stereocenters. The van der Waals surface area contributed by atoms with E-state index in [2.05, 4.69) is 38.9 Å². The number of thiol groups is 1. The predicted octanol–water partition coefficient (Wildman–Crippen LogP) is 0.957. The Bertz CT molecular complexity index is 413. The fraction of sp³-hybridized carbons (Fsp3) is 0.222. The van der Waals surface area contributed by atoms with Crippen LogP contribution in [0.25, 0.3) is 0 Å². The van der Waals surface area contributed by atoms with Crippen LogP contribution in [0.3, 0.4) is 0 Å². The van der Waals surface area contributed by atoms with Crippen LogP contribution in [0.1, 0.15) is 10.4 Å². The van der Waals surface area contributed by atoms with Crippen LogP contribution in [0, 0.1) is 0 Å². The number of hydrogen-bond acceptors (Lipinski definition) is 4. The van der Waals surface area contributed by atoms with Crippen molar-refractivity contribution in [2.75, 3.05) is 5.75 Å². The Hall–Kier alpha value is -1.08. The Morgan fingerprint density at radius 2 is 2.25 bits per heavy atom. The van der Waals surface area contributed by atoms with E-state index in [1.807, 2.05) is 0 Å².